The topological polar surface area (TPSA) is 120 Å². The average Bonchev–Trinajstić information content (AvgIpc) is 2.12. The van der Waals surface area contributed by atoms with Crippen molar-refractivity contribution in [3.05, 3.63) is 24.3 Å². The summed E-state index contributed by atoms with van der Waals surface area (Å²) < 4.78 is 0. The van der Waals surface area contributed by atoms with Gasteiger partial charge in [-0.2, -0.15) is 0 Å². The smallest absolute Gasteiger partial charge is 0.550 e. The molecule has 0 spiro atoms. The Morgan fingerprint density at radius 2 is 0.714 bits per heavy atom. The molecule has 0 heterocycles. The Bertz CT molecular complexity index is 257. The summed E-state index contributed by atoms with van der Waals surface area (Å²) in [6.45, 7) is 2.92. The van der Waals surface area contributed by atoms with Crippen LogP contribution in [0.3, 0.4) is 0 Å². The molecule has 0 bridgehead atoms. The van der Waals surface area contributed by atoms with Crippen molar-refractivity contribution in [2.75, 3.05) is 0 Å². The predicted octanol–water partition coefficient (Wildman–Crippen LogP) is -1.06. The van der Waals surface area contributed by atoms with Gasteiger partial charge in [-0.05, 0) is 46.5 Å². The number of hydrogen-bond donors (Lipinski definition) is 0. The first-order chi connectivity index (χ1) is 9.20. The molecule has 1 aliphatic rings. The number of hydrogen-bond acceptors (Lipinski definition) is 6. The molecule has 0 saturated heterocycles. The van der Waals surface area contributed by atoms with Crippen molar-refractivity contribution in [2.45, 2.75) is 46.5 Å². The standard InChI is InChI=1S/C8H12.3C2H4O2.Ru/c1-2-4-6-8-7-5-3-1;3*1-2(3)4;/h1-2,7-8H,3-6H2;3*1H3,(H,3,4);/q;;;;+3/p-3/b2-1-,8-7-;;;;. The van der Waals surface area contributed by atoms with Gasteiger partial charge in [-0.25, -0.2) is 0 Å². The van der Waals surface area contributed by atoms with Crippen LogP contribution in [0.15, 0.2) is 24.3 Å². The summed E-state index contributed by atoms with van der Waals surface area (Å²) in [5, 5.41) is 26.7. The maximum Gasteiger partial charge on any atom is 3.00 e. The van der Waals surface area contributed by atoms with Crippen LogP contribution in [0, 0.1) is 0 Å². The number of aliphatic carboxylic acids is 3. The van der Waals surface area contributed by atoms with Gasteiger partial charge < -0.3 is 29.7 Å². The zero-order chi connectivity index (χ0) is 16.4. The SMILES string of the molecule is C1=C\CC/C=C\CC/1.CC(=O)[O-].CC(=O)[O-].CC(=O)[O-].[Ru+3]. The Labute approximate surface area is 138 Å². The molecule has 0 unspecified atom stereocenters. The third-order valence-corrected chi connectivity index (χ3v) is 1.33. The van der Waals surface area contributed by atoms with Gasteiger partial charge in [-0.3, -0.25) is 0 Å². The van der Waals surface area contributed by atoms with Gasteiger partial charge in [0.15, 0.2) is 0 Å². The molecule has 0 aromatic heterocycles. The minimum absolute atomic E-state index is 0. The summed E-state index contributed by atoms with van der Waals surface area (Å²) in [5.74, 6) is -3.25. The first-order valence-corrected chi connectivity index (χ1v) is 6.02. The zero-order valence-corrected chi connectivity index (χ0v) is 14.2. The van der Waals surface area contributed by atoms with Crippen molar-refractivity contribution < 1.29 is 49.2 Å². The average molecular weight is 386 g/mol. The second kappa shape index (κ2) is 23.6. The fraction of sp³-hybridized carbons (Fsp3) is 0.500. The van der Waals surface area contributed by atoms with Crippen LogP contribution in [0.4, 0.5) is 0 Å². The molecule has 0 N–H and O–H groups in total. The van der Waals surface area contributed by atoms with Crippen molar-refractivity contribution in [1.82, 2.24) is 0 Å². The van der Waals surface area contributed by atoms with Crippen LogP contribution in [-0.4, -0.2) is 17.9 Å². The third-order valence-electron chi connectivity index (χ3n) is 1.33. The molecule has 0 aliphatic heterocycles. The van der Waals surface area contributed by atoms with Crippen LogP contribution in [0.25, 0.3) is 0 Å². The molecular weight excluding hydrogens is 365 g/mol. The Balaban J connectivity index is -0.0000000973. The molecule has 7 heteroatoms. The molecule has 121 valence electrons. The van der Waals surface area contributed by atoms with E-state index in [0.717, 1.165) is 20.8 Å². The van der Waals surface area contributed by atoms with Gasteiger partial charge in [-0.15, -0.1) is 0 Å². The van der Waals surface area contributed by atoms with E-state index in [9.17, 15) is 0 Å². The molecule has 1 radical (unpaired) electrons. The van der Waals surface area contributed by atoms with Crippen LogP contribution >= 0.6 is 0 Å². The molecule has 1 rings (SSSR count). The van der Waals surface area contributed by atoms with Crippen molar-refractivity contribution in [3.63, 3.8) is 0 Å². The van der Waals surface area contributed by atoms with E-state index in [1.807, 2.05) is 0 Å². The molecule has 0 fully saturated rings. The zero-order valence-electron chi connectivity index (χ0n) is 12.4. The monoisotopic (exact) mass is 387 g/mol. The number of carboxylic acids is 3. The van der Waals surface area contributed by atoms with Gasteiger partial charge in [0.05, 0.1) is 0 Å². The van der Waals surface area contributed by atoms with E-state index in [1.54, 1.807) is 0 Å². The van der Waals surface area contributed by atoms with E-state index in [1.165, 1.54) is 25.7 Å². The van der Waals surface area contributed by atoms with E-state index in [2.05, 4.69) is 24.3 Å². The number of allylic oxidation sites excluding steroid dienone is 4. The van der Waals surface area contributed by atoms with Gasteiger partial charge in [0.2, 0.25) is 0 Å². The van der Waals surface area contributed by atoms with Crippen LogP contribution < -0.4 is 15.3 Å². The Kier molecular flexibility index (Phi) is 31.2. The van der Waals surface area contributed by atoms with E-state index >= 15 is 0 Å². The molecular formula is C14H21O6Ru. The number of carbonyl (C=O) groups is 3. The van der Waals surface area contributed by atoms with Gasteiger partial charge in [-0.1, -0.05) is 24.3 Å². The van der Waals surface area contributed by atoms with Crippen LogP contribution in [-0.2, 0) is 33.9 Å². The molecule has 21 heavy (non-hydrogen) atoms. The van der Waals surface area contributed by atoms with Gasteiger partial charge in [0.1, 0.15) is 0 Å². The van der Waals surface area contributed by atoms with Crippen molar-refractivity contribution in [2.24, 2.45) is 0 Å². The molecule has 0 atom stereocenters. The van der Waals surface area contributed by atoms with Crippen molar-refractivity contribution in [3.8, 4) is 0 Å². The Hall–Kier alpha value is -1.49. The molecule has 0 aromatic rings. The second-order valence-electron chi connectivity index (χ2n) is 3.57. The quantitative estimate of drug-likeness (QED) is 0.386. The van der Waals surface area contributed by atoms with E-state index < -0.39 is 17.9 Å². The first kappa shape index (κ1) is 27.8. The minimum atomic E-state index is -1.08. The minimum Gasteiger partial charge on any atom is -0.550 e. The third kappa shape index (κ3) is 119. The number of carboxylic acid groups (broad SMARTS) is 3. The van der Waals surface area contributed by atoms with Crippen LogP contribution in [0.1, 0.15) is 46.5 Å². The fourth-order valence-electron chi connectivity index (χ4n) is 0.856. The molecule has 0 aromatic carbocycles. The molecule has 1 aliphatic carbocycles. The van der Waals surface area contributed by atoms with Gasteiger partial charge >= 0.3 is 19.5 Å². The van der Waals surface area contributed by atoms with Crippen LogP contribution in [0.5, 0.6) is 0 Å². The molecule has 0 amide bonds. The number of carbonyl (C=O) groups excluding carboxylic acids is 3. The Morgan fingerprint density at radius 1 is 0.619 bits per heavy atom. The number of rotatable bonds is 0. The van der Waals surface area contributed by atoms with Crippen molar-refractivity contribution >= 4 is 17.9 Å². The maximum absolute atomic E-state index is 8.89. The normalized spacial score (nSPS) is 14.2. The Morgan fingerprint density at radius 3 is 0.810 bits per heavy atom. The van der Waals surface area contributed by atoms with E-state index in [4.69, 9.17) is 29.7 Å². The maximum atomic E-state index is 8.89. The van der Waals surface area contributed by atoms with Crippen molar-refractivity contribution in [1.29, 1.82) is 0 Å². The fourth-order valence-corrected chi connectivity index (χ4v) is 0.856. The summed E-state index contributed by atoms with van der Waals surface area (Å²) in [6.07, 6.45) is 14.0. The summed E-state index contributed by atoms with van der Waals surface area (Å²) in [5.41, 5.74) is 0. The first-order valence-electron chi connectivity index (χ1n) is 6.02. The van der Waals surface area contributed by atoms with Gasteiger partial charge in [0.25, 0.3) is 0 Å². The second-order valence-corrected chi connectivity index (χ2v) is 3.57. The van der Waals surface area contributed by atoms with E-state index in [-0.39, 0.29) is 19.5 Å². The summed E-state index contributed by atoms with van der Waals surface area (Å²) in [4.78, 5) is 26.7. The largest absolute Gasteiger partial charge is 3.00 e. The summed E-state index contributed by atoms with van der Waals surface area (Å²) in [7, 11) is 0. The molecule has 0 saturated carbocycles. The molecule has 6 nitrogen and oxygen atoms in total. The predicted molar refractivity (Wildman–Crippen MR) is 68.8 cm³/mol. The van der Waals surface area contributed by atoms with Crippen LogP contribution in [0.2, 0.25) is 0 Å². The van der Waals surface area contributed by atoms with E-state index in [0.29, 0.717) is 0 Å². The summed E-state index contributed by atoms with van der Waals surface area (Å²) in [6, 6.07) is 0. The summed E-state index contributed by atoms with van der Waals surface area (Å²) >= 11 is 0. The van der Waals surface area contributed by atoms with Gasteiger partial charge in [0, 0.05) is 17.9 Å².